The Hall–Kier alpha value is -0.860. The van der Waals surface area contributed by atoms with E-state index >= 15 is 0 Å². The number of hydrogen-bond acceptors (Lipinski definition) is 2. The van der Waals surface area contributed by atoms with E-state index in [2.05, 4.69) is 36.1 Å². The van der Waals surface area contributed by atoms with Gasteiger partial charge in [-0.05, 0) is 43.7 Å². The van der Waals surface area contributed by atoms with Crippen LogP contribution in [0.4, 0.5) is 0 Å². The Morgan fingerprint density at radius 2 is 1.82 bits per heavy atom. The predicted octanol–water partition coefficient (Wildman–Crippen LogP) is 1.97. The van der Waals surface area contributed by atoms with Gasteiger partial charge in [0.2, 0.25) is 0 Å². The van der Waals surface area contributed by atoms with Crippen molar-refractivity contribution in [3.63, 3.8) is 0 Å². The number of nitrogens with zero attached hydrogens (tertiary/aromatic N) is 1. The Morgan fingerprint density at radius 3 is 2.41 bits per heavy atom. The second kappa shape index (κ2) is 4.43. The van der Waals surface area contributed by atoms with E-state index in [1.807, 2.05) is 0 Å². The SMILES string of the molecule is CC1CC(N)CCN1C1Cc2ccccc2C1. The minimum absolute atomic E-state index is 0.421. The fraction of sp³-hybridized carbons (Fsp3) is 0.600. The lowest BCUT2D eigenvalue weighted by atomic mass is 9.96. The van der Waals surface area contributed by atoms with E-state index in [0.29, 0.717) is 12.1 Å². The molecular formula is C15H22N2. The van der Waals surface area contributed by atoms with E-state index in [1.54, 1.807) is 11.1 Å². The molecule has 0 radical (unpaired) electrons. The Balaban J connectivity index is 1.72. The first-order chi connectivity index (χ1) is 8.24. The van der Waals surface area contributed by atoms with Crippen molar-refractivity contribution in [2.45, 2.75) is 50.7 Å². The minimum Gasteiger partial charge on any atom is -0.328 e. The minimum atomic E-state index is 0.421. The van der Waals surface area contributed by atoms with E-state index in [-0.39, 0.29) is 0 Å². The van der Waals surface area contributed by atoms with Crippen LogP contribution in [-0.2, 0) is 12.8 Å². The highest BCUT2D eigenvalue weighted by molar-refractivity contribution is 5.33. The van der Waals surface area contributed by atoms with Crippen LogP contribution in [0.3, 0.4) is 0 Å². The molecule has 1 fully saturated rings. The van der Waals surface area contributed by atoms with Gasteiger partial charge in [-0.1, -0.05) is 24.3 Å². The Morgan fingerprint density at radius 1 is 1.18 bits per heavy atom. The fourth-order valence-corrected chi connectivity index (χ4v) is 3.54. The molecule has 2 unspecified atom stereocenters. The third kappa shape index (κ3) is 2.12. The molecule has 2 heteroatoms. The number of benzene rings is 1. The van der Waals surface area contributed by atoms with Gasteiger partial charge in [-0.15, -0.1) is 0 Å². The number of fused-ring (bicyclic) bond motifs is 1. The third-order valence-electron chi connectivity index (χ3n) is 4.47. The molecule has 92 valence electrons. The molecule has 1 aliphatic heterocycles. The van der Waals surface area contributed by atoms with Crippen LogP contribution in [0.1, 0.15) is 30.9 Å². The molecule has 0 saturated carbocycles. The Bertz CT molecular complexity index is 377. The summed E-state index contributed by atoms with van der Waals surface area (Å²) in [6.07, 6.45) is 4.79. The molecule has 0 spiro atoms. The molecule has 1 heterocycles. The molecule has 1 aliphatic carbocycles. The summed E-state index contributed by atoms with van der Waals surface area (Å²) in [5.41, 5.74) is 9.15. The van der Waals surface area contributed by atoms with Crippen LogP contribution in [-0.4, -0.2) is 29.6 Å². The van der Waals surface area contributed by atoms with Crippen molar-refractivity contribution < 1.29 is 0 Å². The average Bonchev–Trinajstić information content (AvgIpc) is 2.72. The average molecular weight is 230 g/mol. The van der Waals surface area contributed by atoms with Crippen LogP contribution < -0.4 is 5.73 Å². The number of nitrogens with two attached hydrogens (primary N) is 1. The molecule has 1 aromatic carbocycles. The number of piperidine rings is 1. The third-order valence-corrected chi connectivity index (χ3v) is 4.47. The molecule has 0 aromatic heterocycles. The predicted molar refractivity (Wildman–Crippen MR) is 71.0 cm³/mol. The van der Waals surface area contributed by atoms with Crippen molar-refractivity contribution in [1.82, 2.24) is 4.90 Å². The summed E-state index contributed by atoms with van der Waals surface area (Å²) in [7, 11) is 0. The molecule has 3 rings (SSSR count). The van der Waals surface area contributed by atoms with E-state index < -0.39 is 0 Å². The van der Waals surface area contributed by atoms with E-state index in [4.69, 9.17) is 5.73 Å². The molecule has 0 amide bonds. The van der Waals surface area contributed by atoms with Gasteiger partial charge in [0.1, 0.15) is 0 Å². The van der Waals surface area contributed by atoms with Crippen molar-refractivity contribution in [1.29, 1.82) is 0 Å². The molecule has 17 heavy (non-hydrogen) atoms. The normalized spacial score (nSPS) is 30.5. The van der Waals surface area contributed by atoms with Gasteiger partial charge in [0.25, 0.3) is 0 Å². The Kier molecular flexibility index (Phi) is 2.93. The smallest absolute Gasteiger partial charge is 0.0179 e. The van der Waals surface area contributed by atoms with Crippen molar-refractivity contribution >= 4 is 0 Å². The highest BCUT2D eigenvalue weighted by Crippen LogP contribution is 2.29. The molecule has 0 bridgehead atoms. The summed E-state index contributed by atoms with van der Waals surface area (Å²) >= 11 is 0. The standard InChI is InChI=1S/C15H22N2/c1-11-8-14(16)6-7-17(11)15-9-12-4-2-3-5-13(12)10-15/h2-5,11,14-15H,6-10,16H2,1H3. The maximum absolute atomic E-state index is 6.04. The first-order valence-corrected chi connectivity index (χ1v) is 6.82. The van der Waals surface area contributed by atoms with Crippen LogP contribution in [0.15, 0.2) is 24.3 Å². The molecule has 1 aromatic rings. The van der Waals surface area contributed by atoms with Crippen LogP contribution in [0.25, 0.3) is 0 Å². The molecule has 2 atom stereocenters. The van der Waals surface area contributed by atoms with Crippen LogP contribution >= 0.6 is 0 Å². The second-order valence-electron chi connectivity index (χ2n) is 5.70. The van der Waals surface area contributed by atoms with Crippen LogP contribution in [0.2, 0.25) is 0 Å². The van der Waals surface area contributed by atoms with Crippen LogP contribution in [0.5, 0.6) is 0 Å². The number of rotatable bonds is 1. The number of hydrogen-bond donors (Lipinski definition) is 1. The summed E-state index contributed by atoms with van der Waals surface area (Å²) in [5.74, 6) is 0. The summed E-state index contributed by atoms with van der Waals surface area (Å²) in [5, 5.41) is 0. The zero-order valence-corrected chi connectivity index (χ0v) is 10.6. The highest BCUT2D eigenvalue weighted by atomic mass is 15.2. The van der Waals surface area contributed by atoms with Gasteiger partial charge in [0.05, 0.1) is 0 Å². The summed E-state index contributed by atoms with van der Waals surface area (Å²) in [4.78, 5) is 2.68. The Labute approximate surface area is 104 Å². The van der Waals surface area contributed by atoms with Crippen LogP contribution in [0, 0.1) is 0 Å². The van der Waals surface area contributed by atoms with Gasteiger partial charge in [0.15, 0.2) is 0 Å². The van der Waals surface area contributed by atoms with Gasteiger partial charge in [0, 0.05) is 24.7 Å². The highest BCUT2D eigenvalue weighted by Gasteiger charge is 2.32. The largest absolute Gasteiger partial charge is 0.328 e. The lowest BCUT2D eigenvalue weighted by Crippen LogP contribution is -2.50. The molecule has 1 saturated heterocycles. The van der Waals surface area contributed by atoms with E-state index in [1.165, 1.54) is 19.4 Å². The lowest BCUT2D eigenvalue weighted by Gasteiger charge is -2.40. The molecular weight excluding hydrogens is 208 g/mol. The van der Waals surface area contributed by atoms with Crippen molar-refractivity contribution in [2.24, 2.45) is 5.73 Å². The molecule has 2 aliphatic rings. The van der Waals surface area contributed by atoms with Gasteiger partial charge >= 0.3 is 0 Å². The molecule has 2 N–H and O–H groups in total. The quantitative estimate of drug-likeness (QED) is 0.799. The maximum Gasteiger partial charge on any atom is 0.0179 e. The fourth-order valence-electron chi connectivity index (χ4n) is 3.54. The van der Waals surface area contributed by atoms with Crippen molar-refractivity contribution in [3.05, 3.63) is 35.4 Å². The first kappa shape index (κ1) is 11.2. The zero-order valence-electron chi connectivity index (χ0n) is 10.6. The molecule has 2 nitrogen and oxygen atoms in total. The van der Waals surface area contributed by atoms with Gasteiger partial charge in [-0.3, -0.25) is 4.90 Å². The first-order valence-electron chi connectivity index (χ1n) is 6.82. The lowest BCUT2D eigenvalue weighted by molar-refractivity contribution is 0.100. The summed E-state index contributed by atoms with van der Waals surface area (Å²) in [6, 6.07) is 10.7. The summed E-state index contributed by atoms with van der Waals surface area (Å²) in [6.45, 7) is 3.52. The summed E-state index contributed by atoms with van der Waals surface area (Å²) < 4.78 is 0. The van der Waals surface area contributed by atoms with E-state index in [0.717, 1.165) is 18.9 Å². The van der Waals surface area contributed by atoms with Gasteiger partial charge in [-0.2, -0.15) is 0 Å². The maximum atomic E-state index is 6.04. The van der Waals surface area contributed by atoms with Gasteiger partial charge in [-0.25, -0.2) is 0 Å². The van der Waals surface area contributed by atoms with E-state index in [9.17, 15) is 0 Å². The van der Waals surface area contributed by atoms with Gasteiger partial charge < -0.3 is 5.73 Å². The number of likely N-dealkylation sites (tertiary alicyclic amines) is 1. The monoisotopic (exact) mass is 230 g/mol. The zero-order chi connectivity index (χ0) is 11.8. The van der Waals surface area contributed by atoms with Crippen molar-refractivity contribution in [2.75, 3.05) is 6.54 Å². The second-order valence-corrected chi connectivity index (χ2v) is 5.70. The topological polar surface area (TPSA) is 29.3 Å². The van der Waals surface area contributed by atoms with Crippen molar-refractivity contribution in [3.8, 4) is 0 Å².